The summed E-state index contributed by atoms with van der Waals surface area (Å²) < 4.78 is 25.5. The van der Waals surface area contributed by atoms with Crippen molar-refractivity contribution in [2.24, 2.45) is 0 Å². The second-order valence-electron chi connectivity index (χ2n) is 7.09. The fraction of sp³-hybridized carbons (Fsp3) is 0.579. The van der Waals surface area contributed by atoms with Crippen LogP contribution in [0.4, 0.5) is 5.69 Å². The summed E-state index contributed by atoms with van der Waals surface area (Å²) >= 11 is 0. The number of benzene rings is 1. The van der Waals surface area contributed by atoms with Crippen molar-refractivity contribution in [1.82, 2.24) is 10.2 Å². The van der Waals surface area contributed by atoms with E-state index in [1.165, 1.54) is 4.31 Å². The number of anilines is 1. The Balaban J connectivity index is 1.58. The minimum absolute atomic E-state index is 0.150. The van der Waals surface area contributed by atoms with E-state index >= 15 is 0 Å². The molecule has 0 aromatic heterocycles. The Labute approximate surface area is 160 Å². The number of likely N-dealkylation sites (tertiary alicyclic amines) is 1. The van der Waals surface area contributed by atoms with Crippen molar-refractivity contribution in [3.63, 3.8) is 0 Å². The molecule has 0 radical (unpaired) electrons. The molecule has 1 aromatic rings. The first-order valence-electron chi connectivity index (χ1n) is 9.60. The zero-order chi connectivity index (χ0) is 19.4. The average Bonchev–Trinajstić information content (AvgIpc) is 3.23. The van der Waals surface area contributed by atoms with Crippen LogP contribution < -0.4 is 9.62 Å². The third kappa shape index (κ3) is 4.43. The smallest absolute Gasteiger partial charge is 0.251 e. The van der Waals surface area contributed by atoms with Crippen LogP contribution in [0, 0.1) is 0 Å². The van der Waals surface area contributed by atoms with E-state index in [0.717, 1.165) is 19.4 Å². The summed E-state index contributed by atoms with van der Waals surface area (Å²) in [6.07, 6.45) is 3.72. The van der Waals surface area contributed by atoms with Gasteiger partial charge in [-0.1, -0.05) is 13.0 Å². The van der Waals surface area contributed by atoms with Gasteiger partial charge in [0, 0.05) is 37.7 Å². The van der Waals surface area contributed by atoms with Crippen LogP contribution in [0.1, 0.15) is 49.4 Å². The minimum atomic E-state index is -3.26. The maximum atomic E-state index is 12.5. The maximum Gasteiger partial charge on any atom is 0.251 e. The van der Waals surface area contributed by atoms with Crippen molar-refractivity contribution < 1.29 is 18.0 Å². The monoisotopic (exact) mass is 393 g/mol. The standard InChI is InChI=1S/C19H27N3O4S/c1-2-16(21-11-4-8-18(21)23)9-10-20-19(24)15-6-3-7-17(14-15)22-12-5-13-27(22,25)26/h3,6-7,14,16H,2,4-5,8-13H2,1H3,(H,20,24). The number of rotatable bonds is 7. The molecule has 0 saturated carbocycles. The maximum absolute atomic E-state index is 12.5. The van der Waals surface area contributed by atoms with Crippen LogP contribution in [0.15, 0.2) is 24.3 Å². The van der Waals surface area contributed by atoms with E-state index in [-0.39, 0.29) is 23.6 Å². The Bertz CT molecular complexity index is 809. The van der Waals surface area contributed by atoms with Crippen LogP contribution in [0.2, 0.25) is 0 Å². The van der Waals surface area contributed by atoms with Gasteiger partial charge in [0.2, 0.25) is 15.9 Å². The van der Waals surface area contributed by atoms with Crippen molar-refractivity contribution in [2.75, 3.05) is 29.7 Å². The molecule has 0 spiro atoms. The molecule has 3 rings (SSSR count). The lowest BCUT2D eigenvalue weighted by Gasteiger charge is -2.27. The minimum Gasteiger partial charge on any atom is -0.352 e. The van der Waals surface area contributed by atoms with E-state index in [1.807, 2.05) is 4.90 Å². The van der Waals surface area contributed by atoms with Crippen LogP contribution >= 0.6 is 0 Å². The summed E-state index contributed by atoms with van der Waals surface area (Å²) in [4.78, 5) is 26.3. The molecule has 0 bridgehead atoms. The Morgan fingerprint density at radius 3 is 2.70 bits per heavy atom. The zero-order valence-electron chi connectivity index (χ0n) is 15.7. The third-order valence-electron chi connectivity index (χ3n) is 5.28. The van der Waals surface area contributed by atoms with Crippen LogP contribution in [-0.2, 0) is 14.8 Å². The lowest BCUT2D eigenvalue weighted by atomic mass is 10.1. The molecule has 2 aliphatic rings. The van der Waals surface area contributed by atoms with Crippen molar-refractivity contribution in [2.45, 2.75) is 45.1 Å². The van der Waals surface area contributed by atoms with Gasteiger partial charge in [-0.15, -0.1) is 0 Å². The highest BCUT2D eigenvalue weighted by atomic mass is 32.2. The molecule has 148 valence electrons. The lowest BCUT2D eigenvalue weighted by Crippen LogP contribution is -2.38. The number of sulfonamides is 1. The fourth-order valence-corrected chi connectivity index (χ4v) is 5.38. The molecule has 1 unspecified atom stereocenters. The number of hydrogen-bond donors (Lipinski definition) is 1. The first-order chi connectivity index (χ1) is 12.9. The van der Waals surface area contributed by atoms with Crippen molar-refractivity contribution in [3.8, 4) is 0 Å². The molecule has 2 fully saturated rings. The van der Waals surface area contributed by atoms with Gasteiger partial charge < -0.3 is 10.2 Å². The molecule has 2 heterocycles. The van der Waals surface area contributed by atoms with Gasteiger partial charge in [0.1, 0.15) is 0 Å². The van der Waals surface area contributed by atoms with E-state index in [9.17, 15) is 18.0 Å². The lowest BCUT2D eigenvalue weighted by molar-refractivity contribution is -0.129. The Kier molecular flexibility index (Phi) is 6.04. The highest BCUT2D eigenvalue weighted by Gasteiger charge is 2.29. The second-order valence-corrected chi connectivity index (χ2v) is 9.10. The third-order valence-corrected chi connectivity index (χ3v) is 7.15. The molecule has 2 aliphatic heterocycles. The molecule has 27 heavy (non-hydrogen) atoms. The van der Waals surface area contributed by atoms with Crippen molar-refractivity contribution >= 4 is 27.5 Å². The van der Waals surface area contributed by atoms with Gasteiger partial charge >= 0.3 is 0 Å². The number of amides is 2. The normalized spacial score (nSPS) is 20.1. The quantitative estimate of drug-likeness (QED) is 0.765. The van der Waals surface area contributed by atoms with Crippen LogP contribution in [-0.4, -0.2) is 56.6 Å². The van der Waals surface area contributed by atoms with E-state index in [1.54, 1.807) is 24.3 Å². The largest absolute Gasteiger partial charge is 0.352 e. The molecule has 1 aromatic carbocycles. The van der Waals surface area contributed by atoms with Gasteiger partial charge in [0.25, 0.3) is 5.91 Å². The van der Waals surface area contributed by atoms with Crippen LogP contribution in [0.5, 0.6) is 0 Å². The van der Waals surface area contributed by atoms with E-state index in [4.69, 9.17) is 0 Å². The summed E-state index contributed by atoms with van der Waals surface area (Å²) in [6, 6.07) is 6.88. The molecule has 2 saturated heterocycles. The summed E-state index contributed by atoms with van der Waals surface area (Å²) in [5.41, 5.74) is 0.981. The molecular weight excluding hydrogens is 366 g/mol. The zero-order valence-corrected chi connectivity index (χ0v) is 16.5. The van der Waals surface area contributed by atoms with Gasteiger partial charge in [-0.2, -0.15) is 0 Å². The average molecular weight is 394 g/mol. The van der Waals surface area contributed by atoms with Crippen LogP contribution in [0.25, 0.3) is 0 Å². The Hall–Kier alpha value is -2.09. The molecule has 7 nitrogen and oxygen atoms in total. The number of hydrogen-bond acceptors (Lipinski definition) is 4. The predicted octanol–water partition coefficient (Wildman–Crippen LogP) is 1.75. The molecule has 2 amide bonds. The molecule has 0 aliphatic carbocycles. The van der Waals surface area contributed by atoms with Crippen LogP contribution in [0.3, 0.4) is 0 Å². The Morgan fingerprint density at radius 1 is 1.26 bits per heavy atom. The highest BCUT2D eigenvalue weighted by molar-refractivity contribution is 7.93. The Morgan fingerprint density at radius 2 is 2.07 bits per heavy atom. The predicted molar refractivity (Wildman–Crippen MR) is 104 cm³/mol. The molecule has 8 heteroatoms. The number of nitrogens with one attached hydrogen (secondary N) is 1. The van der Waals surface area contributed by atoms with E-state index in [0.29, 0.717) is 43.6 Å². The summed E-state index contributed by atoms with van der Waals surface area (Å²) in [6.45, 7) is 3.79. The first kappa shape index (κ1) is 19.7. The number of carbonyl (C=O) groups is 2. The highest BCUT2D eigenvalue weighted by Crippen LogP contribution is 2.24. The van der Waals surface area contributed by atoms with Gasteiger partial charge in [-0.25, -0.2) is 8.42 Å². The molecule has 1 N–H and O–H groups in total. The van der Waals surface area contributed by atoms with Crippen molar-refractivity contribution in [3.05, 3.63) is 29.8 Å². The number of carbonyl (C=O) groups excluding carboxylic acids is 2. The second kappa shape index (κ2) is 8.29. The molecule has 1 atom stereocenters. The summed E-state index contributed by atoms with van der Waals surface area (Å²) in [5, 5.41) is 2.90. The SMILES string of the molecule is CCC(CCNC(=O)c1cccc(N2CCCS2(=O)=O)c1)N1CCCC1=O. The molecular formula is C19H27N3O4S. The summed E-state index contributed by atoms with van der Waals surface area (Å²) in [7, 11) is -3.26. The first-order valence-corrected chi connectivity index (χ1v) is 11.2. The van der Waals surface area contributed by atoms with Gasteiger partial charge in [-0.3, -0.25) is 13.9 Å². The fourth-order valence-electron chi connectivity index (χ4n) is 3.82. The van der Waals surface area contributed by atoms with Gasteiger partial charge in [0.15, 0.2) is 0 Å². The van der Waals surface area contributed by atoms with Gasteiger partial charge in [-0.05, 0) is 43.9 Å². The summed E-state index contributed by atoms with van der Waals surface area (Å²) in [5.74, 6) is 0.126. The van der Waals surface area contributed by atoms with Gasteiger partial charge in [0.05, 0.1) is 11.4 Å². The number of nitrogens with zero attached hydrogens (tertiary/aromatic N) is 2. The van der Waals surface area contributed by atoms with E-state index in [2.05, 4.69) is 12.2 Å². The van der Waals surface area contributed by atoms with Crippen molar-refractivity contribution in [1.29, 1.82) is 0 Å². The van der Waals surface area contributed by atoms with E-state index < -0.39 is 10.0 Å². The topological polar surface area (TPSA) is 86.8 Å².